The molecule has 0 radical (unpaired) electrons. The van der Waals surface area contributed by atoms with Crippen molar-refractivity contribution in [1.29, 1.82) is 0 Å². The summed E-state index contributed by atoms with van der Waals surface area (Å²) in [5.41, 5.74) is 0.961. The zero-order valence-corrected chi connectivity index (χ0v) is 11.2. The minimum atomic E-state index is -0.327. The van der Waals surface area contributed by atoms with Crippen LogP contribution in [-0.2, 0) is 9.47 Å². The molecule has 0 aliphatic carbocycles. The molecule has 0 bridgehead atoms. The molecule has 3 nitrogen and oxygen atoms in total. The summed E-state index contributed by atoms with van der Waals surface area (Å²) >= 11 is 0. The van der Waals surface area contributed by atoms with E-state index in [1.807, 2.05) is 30.3 Å². The van der Waals surface area contributed by atoms with E-state index in [0.717, 1.165) is 11.3 Å². The van der Waals surface area contributed by atoms with E-state index in [-0.39, 0.29) is 17.8 Å². The molecule has 18 heavy (non-hydrogen) atoms. The molecule has 1 saturated heterocycles. The first kappa shape index (κ1) is 13.1. The fourth-order valence-corrected chi connectivity index (χ4v) is 2.04. The zero-order valence-electron chi connectivity index (χ0n) is 11.2. The Balaban J connectivity index is 2.12. The highest BCUT2D eigenvalue weighted by Crippen LogP contribution is 2.37. The molecule has 1 heterocycles. The lowest BCUT2D eigenvalue weighted by atomic mass is 9.86. The van der Waals surface area contributed by atoms with Crippen molar-refractivity contribution in [2.24, 2.45) is 5.41 Å². The minimum Gasteiger partial charge on any atom is -0.497 e. The van der Waals surface area contributed by atoms with Crippen LogP contribution in [0.1, 0.15) is 25.7 Å². The van der Waals surface area contributed by atoms with Gasteiger partial charge < -0.3 is 14.2 Å². The molecular formula is C15H20O3. The third kappa shape index (κ3) is 2.57. The van der Waals surface area contributed by atoms with Gasteiger partial charge in [0.15, 0.2) is 6.29 Å². The highest BCUT2D eigenvalue weighted by atomic mass is 16.7. The lowest BCUT2D eigenvalue weighted by Crippen LogP contribution is -2.41. The van der Waals surface area contributed by atoms with E-state index >= 15 is 0 Å². The van der Waals surface area contributed by atoms with Gasteiger partial charge in [0.2, 0.25) is 0 Å². The van der Waals surface area contributed by atoms with E-state index in [4.69, 9.17) is 14.2 Å². The molecule has 2 rings (SSSR count). The molecule has 3 heteroatoms. The van der Waals surface area contributed by atoms with Crippen LogP contribution in [0.4, 0.5) is 0 Å². The van der Waals surface area contributed by atoms with Crippen molar-refractivity contribution in [2.45, 2.75) is 26.2 Å². The van der Waals surface area contributed by atoms with Gasteiger partial charge in [0.1, 0.15) is 5.75 Å². The van der Waals surface area contributed by atoms with Crippen molar-refractivity contribution in [3.8, 4) is 5.75 Å². The number of rotatable bonds is 3. The number of hydrogen-bond donors (Lipinski definition) is 0. The average molecular weight is 248 g/mol. The van der Waals surface area contributed by atoms with E-state index in [2.05, 4.69) is 20.4 Å². The molecule has 2 unspecified atom stereocenters. The summed E-state index contributed by atoms with van der Waals surface area (Å²) in [6.45, 7) is 8.72. The molecule has 1 aliphatic heterocycles. The van der Waals surface area contributed by atoms with Crippen LogP contribution in [0.15, 0.2) is 36.9 Å². The maximum absolute atomic E-state index is 5.93. The van der Waals surface area contributed by atoms with E-state index in [1.165, 1.54) is 0 Å². The Hall–Kier alpha value is -1.32. The van der Waals surface area contributed by atoms with Gasteiger partial charge in [-0.3, -0.25) is 0 Å². The number of benzene rings is 1. The van der Waals surface area contributed by atoms with Crippen LogP contribution in [-0.4, -0.2) is 19.8 Å². The quantitative estimate of drug-likeness (QED) is 0.768. The Morgan fingerprint density at radius 3 is 2.56 bits per heavy atom. The lowest BCUT2D eigenvalue weighted by Gasteiger charge is -2.40. The zero-order chi connectivity index (χ0) is 13.2. The maximum Gasteiger partial charge on any atom is 0.184 e. The Morgan fingerprint density at radius 1 is 1.33 bits per heavy atom. The van der Waals surface area contributed by atoms with E-state index in [1.54, 1.807) is 7.11 Å². The van der Waals surface area contributed by atoms with E-state index < -0.39 is 0 Å². The summed E-state index contributed by atoms with van der Waals surface area (Å²) < 4.78 is 16.8. The second kappa shape index (κ2) is 5.12. The smallest absolute Gasteiger partial charge is 0.184 e. The third-order valence-corrected chi connectivity index (χ3v) is 3.25. The normalized spacial score (nSPS) is 26.6. The first-order valence-electron chi connectivity index (χ1n) is 6.10. The van der Waals surface area contributed by atoms with Gasteiger partial charge in [0.25, 0.3) is 0 Å². The maximum atomic E-state index is 5.93. The fourth-order valence-electron chi connectivity index (χ4n) is 2.04. The van der Waals surface area contributed by atoms with Gasteiger partial charge in [-0.2, -0.15) is 0 Å². The molecular weight excluding hydrogens is 228 g/mol. The van der Waals surface area contributed by atoms with Crippen LogP contribution in [0.5, 0.6) is 5.75 Å². The van der Waals surface area contributed by atoms with E-state index in [0.29, 0.717) is 6.61 Å². The molecule has 0 spiro atoms. The van der Waals surface area contributed by atoms with Gasteiger partial charge in [-0.05, 0) is 12.1 Å². The summed E-state index contributed by atoms with van der Waals surface area (Å²) in [5.74, 6) is 0.829. The van der Waals surface area contributed by atoms with Crippen molar-refractivity contribution in [2.75, 3.05) is 13.7 Å². The van der Waals surface area contributed by atoms with Crippen LogP contribution < -0.4 is 4.74 Å². The molecule has 98 valence electrons. The van der Waals surface area contributed by atoms with Gasteiger partial charge in [-0.1, -0.05) is 32.1 Å². The van der Waals surface area contributed by atoms with Crippen molar-refractivity contribution in [1.82, 2.24) is 0 Å². The number of methoxy groups -OCH3 is 1. The molecule has 1 aromatic carbocycles. The van der Waals surface area contributed by atoms with Crippen LogP contribution in [0, 0.1) is 5.41 Å². The molecule has 0 aromatic heterocycles. The molecule has 1 fully saturated rings. The predicted octanol–water partition coefficient (Wildman–Crippen LogP) is 3.32. The van der Waals surface area contributed by atoms with Crippen molar-refractivity contribution in [3.63, 3.8) is 0 Å². The number of hydrogen-bond acceptors (Lipinski definition) is 3. The SMILES string of the molecule is C=CC1OC(c2ccc(OC)cc2)OCC1(C)C. The van der Waals surface area contributed by atoms with Crippen LogP contribution in [0.25, 0.3) is 0 Å². The van der Waals surface area contributed by atoms with Gasteiger partial charge in [0, 0.05) is 11.0 Å². The van der Waals surface area contributed by atoms with Crippen molar-refractivity contribution < 1.29 is 14.2 Å². The van der Waals surface area contributed by atoms with Gasteiger partial charge in [-0.25, -0.2) is 0 Å². The second-order valence-electron chi connectivity index (χ2n) is 5.20. The second-order valence-corrected chi connectivity index (χ2v) is 5.20. The van der Waals surface area contributed by atoms with Gasteiger partial charge >= 0.3 is 0 Å². The Labute approximate surface area is 108 Å². The third-order valence-electron chi connectivity index (χ3n) is 3.25. The number of ether oxygens (including phenoxy) is 3. The predicted molar refractivity (Wildman–Crippen MR) is 70.5 cm³/mol. The topological polar surface area (TPSA) is 27.7 Å². The van der Waals surface area contributed by atoms with Crippen LogP contribution in [0.2, 0.25) is 0 Å². The molecule has 0 N–H and O–H groups in total. The first-order chi connectivity index (χ1) is 8.56. The summed E-state index contributed by atoms with van der Waals surface area (Å²) in [5, 5.41) is 0. The Bertz CT molecular complexity index is 408. The van der Waals surface area contributed by atoms with Gasteiger partial charge in [-0.15, -0.1) is 6.58 Å². The highest BCUT2D eigenvalue weighted by molar-refractivity contribution is 5.28. The largest absolute Gasteiger partial charge is 0.497 e. The monoisotopic (exact) mass is 248 g/mol. The molecule has 1 aliphatic rings. The van der Waals surface area contributed by atoms with Crippen LogP contribution >= 0.6 is 0 Å². The molecule has 0 saturated carbocycles. The van der Waals surface area contributed by atoms with Crippen LogP contribution in [0.3, 0.4) is 0 Å². The molecule has 0 amide bonds. The standard InChI is InChI=1S/C15H20O3/c1-5-13-15(2,3)10-17-14(18-13)11-6-8-12(16-4)9-7-11/h5-9,13-14H,1,10H2,2-4H3. The summed E-state index contributed by atoms with van der Waals surface area (Å²) in [7, 11) is 1.65. The summed E-state index contributed by atoms with van der Waals surface area (Å²) in [6, 6.07) is 7.74. The highest BCUT2D eigenvalue weighted by Gasteiger charge is 2.36. The minimum absolute atomic E-state index is 0.00153. The molecule has 2 atom stereocenters. The summed E-state index contributed by atoms with van der Waals surface area (Å²) in [4.78, 5) is 0. The Morgan fingerprint density at radius 2 is 2.00 bits per heavy atom. The van der Waals surface area contributed by atoms with Gasteiger partial charge in [0.05, 0.1) is 19.8 Å². The fraction of sp³-hybridized carbons (Fsp3) is 0.467. The first-order valence-corrected chi connectivity index (χ1v) is 6.10. The van der Waals surface area contributed by atoms with Crippen molar-refractivity contribution in [3.05, 3.63) is 42.5 Å². The van der Waals surface area contributed by atoms with Crippen molar-refractivity contribution >= 4 is 0 Å². The lowest BCUT2D eigenvalue weighted by molar-refractivity contribution is -0.250. The van der Waals surface area contributed by atoms with E-state index in [9.17, 15) is 0 Å². The summed E-state index contributed by atoms with van der Waals surface area (Å²) in [6.07, 6.45) is 1.52. The Kier molecular flexibility index (Phi) is 3.73. The average Bonchev–Trinajstić information content (AvgIpc) is 2.39. The molecule has 1 aromatic rings.